The van der Waals surface area contributed by atoms with Crippen molar-refractivity contribution < 1.29 is 5.11 Å². The van der Waals surface area contributed by atoms with E-state index in [2.05, 4.69) is 36.7 Å². The Morgan fingerprint density at radius 2 is 1.95 bits per heavy atom. The van der Waals surface area contributed by atoms with Crippen molar-refractivity contribution in [3.8, 4) is 0 Å². The zero-order chi connectivity index (χ0) is 13.8. The van der Waals surface area contributed by atoms with Crippen molar-refractivity contribution in [1.82, 2.24) is 5.32 Å². The van der Waals surface area contributed by atoms with E-state index < -0.39 is 5.60 Å². The van der Waals surface area contributed by atoms with Crippen LogP contribution in [0.4, 0.5) is 0 Å². The Morgan fingerprint density at radius 1 is 1.26 bits per heavy atom. The number of aliphatic hydroxyl groups is 1. The van der Waals surface area contributed by atoms with E-state index in [-0.39, 0.29) is 5.41 Å². The maximum absolute atomic E-state index is 10.6. The molecule has 1 fully saturated rings. The molecule has 0 spiro atoms. The van der Waals surface area contributed by atoms with Gasteiger partial charge in [0.15, 0.2) is 0 Å². The SMILES string of the molecule is CC(C)(CNCC1(O)CCCCCC1)c1cccs1. The fourth-order valence-electron chi connectivity index (χ4n) is 2.92. The van der Waals surface area contributed by atoms with Gasteiger partial charge in [-0.2, -0.15) is 0 Å². The third-order valence-corrected chi connectivity index (χ3v) is 5.48. The monoisotopic (exact) mass is 281 g/mol. The van der Waals surface area contributed by atoms with Crippen LogP contribution in [0.2, 0.25) is 0 Å². The largest absolute Gasteiger partial charge is 0.389 e. The molecular weight excluding hydrogens is 254 g/mol. The molecule has 2 rings (SSSR count). The molecule has 3 heteroatoms. The van der Waals surface area contributed by atoms with Crippen LogP contribution >= 0.6 is 11.3 Å². The highest BCUT2D eigenvalue weighted by Gasteiger charge is 2.29. The van der Waals surface area contributed by atoms with Gasteiger partial charge in [-0.15, -0.1) is 11.3 Å². The molecule has 19 heavy (non-hydrogen) atoms. The quantitative estimate of drug-likeness (QED) is 0.807. The molecule has 108 valence electrons. The molecule has 0 aromatic carbocycles. The van der Waals surface area contributed by atoms with Crippen LogP contribution in [-0.2, 0) is 5.41 Å². The lowest BCUT2D eigenvalue weighted by Gasteiger charge is -2.30. The lowest BCUT2D eigenvalue weighted by atomic mass is 9.90. The first kappa shape index (κ1) is 15.0. The van der Waals surface area contributed by atoms with Crippen LogP contribution in [-0.4, -0.2) is 23.8 Å². The van der Waals surface area contributed by atoms with Crippen LogP contribution < -0.4 is 5.32 Å². The minimum Gasteiger partial charge on any atom is -0.389 e. The third kappa shape index (κ3) is 4.30. The minimum atomic E-state index is -0.470. The standard InChI is InChI=1S/C16H27NOS/c1-15(2,14-8-7-11-19-14)12-17-13-16(18)9-5-3-4-6-10-16/h7-8,11,17-18H,3-6,9-10,12-13H2,1-2H3. The summed E-state index contributed by atoms with van der Waals surface area (Å²) < 4.78 is 0. The zero-order valence-electron chi connectivity index (χ0n) is 12.2. The molecule has 0 saturated heterocycles. The van der Waals surface area contributed by atoms with Crippen LogP contribution in [0.3, 0.4) is 0 Å². The fourth-order valence-corrected chi connectivity index (χ4v) is 3.77. The molecule has 2 nitrogen and oxygen atoms in total. The minimum absolute atomic E-state index is 0.148. The van der Waals surface area contributed by atoms with E-state index in [1.165, 1.54) is 30.6 Å². The van der Waals surface area contributed by atoms with E-state index in [0.29, 0.717) is 0 Å². The van der Waals surface area contributed by atoms with Gasteiger partial charge in [0.2, 0.25) is 0 Å². The summed E-state index contributed by atoms with van der Waals surface area (Å²) >= 11 is 1.82. The maximum atomic E-state index is 10.6. The molecule has 1 heterocycles. The van der Waals surface area contributed by atoms with Gasteiger partial charge in [0, 0.05) is 23.4 Å². The Bertz CT molecular complexity index is 364. The Morgan fingerprint density at radius 3 is 2.53 bits per heavy atom. The molecule has 1 saturated carbocycles. The number of hydrogen-bond acceptors (Lipinski definition) is 3. The second-order valence-electron chi connectivity index (χ2n) is 6.60. The number of thiophene rings is 1. The van der Waals surface area contributed by atoms with Gasteiger partial charge in [-0.1, -0.05) is 45.6 Å². The van der Waals surface area contributed by atoms with Crippen LogP contribution in [0.25, 0.3) is 0 Å². The molecule has 0 unspecified atom stereocenters. The smallest absolute Gasteiger partial charge is 0.0771 e. The topological polar surface area (TPSA) is 32.3 Å². The summed E-state index contributed by atoms with van der Waals surface area (Å²) in [5, 5.41) is 16.3. The summed E-state index contributed by atoms with van der Waals surface area (Å²) in [5.74, 6) is 0. The first-order valence-corrected chi connectivity index (χ1v) is 8.37. The average molecular weight is 281 g/mol. The number of hydrogen-bond donors (Lipinski definition) is 2. The summed E-state index contributed by atoms with van der Waals surface area (Å²) in [5.41, 5.74) is -0.322. The molecule has 1 aromatic heterocycles. The molecule has 1 aromatic rings. The zero-order valence-corrected chi connectivity index (χ0v) is 13.1. The van der Waals surface area contributed by atoms with Gasteiger partial charge in [-0.05, 0) is 24.3 Å². The molecule has 2 N–H and O–H groups in total. The van der Waals surface area contributed by atoms with Crippen LogP contribution in [0, 0.1) is 0 Å². The Balaban J connectivity index is 1.82. The Hall–Kier alpha value is -0.380. The molecule has 0 bridgehead atoms. The van der Waals surface area contributed by atoms with E-state index in [9.17, 15) is 5.11 Å². The first-order chi connectivity index (χ1) is 9.02. The fraction of sp³-hybridized carbons (Fsp3) is 0.750. The molecule has 0 amide bonds. The van der Waals surface area contributed by atoms with Crippen molar-refractivity contribution in [2.24, 2.45) is 0 Å². The summed E-state index contributed by atoms with van der Waals surface area (Å²) in [4.78, 5) is 1.41. The van der Waals surface area contributed by atoms with Crippen LogP contribution in [0.15, 0.2) is 17.5 Å². The van der Waals surface area contributed by atoms with Crippen molar-refractivity contribution in [1.29, 1.82) is 0 Å². The van der Waals surface area contributed by atoms with E-state index in [0.717, 1.165) is 25.9 Å². The summed E-state index contributed by atoms with van der Waals surface area (Å²) in [7, 11) is 0. The predicted octanol–water partition coefficient (Wildman–Crippen LogP) is 3.70. The normalized spacial score (nSPS) is 20.2. The molecule has 0 aliphatic heterocycles. The third-order valence-electron chi connectivity index (χ3n) is 4.24. The summed E-state index contributed by atoms with van der Waals surface area (Å²) in [6, 6.07) is 4.31. The van der Waals surface area contributed by atoms with Gasteiger partial charge in [-0.3, -0.25) is 0 Å². The average Bonchev–Trinajstić information content (AvgIpc) is 2.81. The number of rotatable bonds is 5. The Labute approximate surface area is 121 Å². The van der Waals surface area contributed by atoms with Gasteiger partial charge in [0.05, 0.1) is 5.60 Å². The van der Waals surface area contributed by atoms with Gasteiger partial charge in [0.25, 0.3) is 0 Å². The van der Waals surface area contributed by atoms with Crippen molar-refractivity contribution >= 4 is 11.3 Å². The molecule has 1 aliphatic rings. The Kier molecular flexibility index (Phi) is 5.04. The lowest BCUT2D eigenvalue weighted by molar-refractivity contribution is 0.0245. The van der Waals surface area contributed by atoms with Gasteiger partial charge < -0.3 is 10.4 Å². The van der Waals surface area contributed by atoms with Crippen molar-refractivity contribution in [3.63, 3.8) is 0 Å². The second kappa shape index (κ2) is 6.38. The molecule has 1 aliphatic carbocycles. The van der Waals surface area contributed by atoms with E-state index >= 15 is 0 Å². The van der Waals surface area contributed by atoms with E-state index in [1.807, 2.05) is 11.3 Å². The van der Waals surface area contributed by atoms with Gasteiger partial charge in [0.1, 0.15) is 0 Å². The summed E-state index contributed by atoms with van der Waals surface area (Å²) in [6.45, 7) is 6.20. The predicted molar refractivity (Wildman–Crippen MR) is 82.9 cm³/mol. The van der Waals surface area contributed by atoms with Crippen molar-refractivity contribution in [3.05, 3.63) is 22.4 Å². The maximum Gasteiger partial charge on any atom is 0.0771 e. The van der Waals surface area contributed by atoms with Gasteiger partial charge in [-0.25, -0.2) is 0 Å². The molecule has 0 radical (unpaired) electrons. The lowest BCUT2D eigenvalue weighted by Crippen LogP contribution is -2.44. The second-order valence-corrected chi connectivity index (χ2v) is 7.55. The van der Waals surface area contributed by atoms with Crippen molar-refractivity contribution in [2.45, 2.75) is 63.4 Å². The van der Waals surface area contributed by atoms with Crippen molar-refractivity contribution in [2.75, 3.05) is 13.1 Å². The molecular formula is C16H27NOS. The van der Waals surface area contributed by atoms with Crippen LogP contribution in [0.5, 0.6) is 0 Å². The molecule has 0 atom stereocenters. The van der Waals surface area contributed by atoms with E-state index in [4.69, 9.17) is 0 Å². The first-order valence-electron chi connectivity index (χ1n) is 7.49. The van der Waals surface area contributed by atoms with Crippen LogP contribution in [0.1, 0.15) is 57.2 Å². The highest BCUT2D eigenvalue weighted by molar-refractivity contribution is 7.10. The highest BCUT2D eigenvalue weighted by Crippen LogP contribution is 2.28. The van der Waals surface area contributed by atoms with E-state index in [1.54, 1.807) is 0 Å². The van der Waals surface area contributed by atoms with Gasteiger partial charge >= 0.3 is 0 Å². The summed E-state index contributed by atoms with van der Waals surface area (Å²) in [6.07, 6.45) is 6.82. The number of nitrogens with one attached hydrogen (secondary N) is 1. The highest BCUT2D eigenvalue weighted by atomic mass is 32.1.